The van der Waals surface area contributed by atoms with Gasteiger partial charge in [0.1, 0.15) is 32.3 Å². The van der Waals surface area contributed by atoms with E-state index in [0.29, 0.717) is 81.5 Å². The van der Waals surface area contributed by atoms with Gasteiger partial charge in [-0.3, -0.25) is 29.0 Å². The number of pyridine rings is 1. The van der Waals surface area contributed by atoms with Crippen LogP contribution in [0.4, 0.5) is 14.4 Å². The van der Waals surface area contributed by atoms with Crippen molar-refractivity contribution in [2.45, 2.75) is 108 Å². The SMILES string of the molecule is CCc1nc(C)cn1C(=O)OCC(O)(C(=O)c1ccc(SC)cc1)c1ccc(SC)cc1.CSc1ccc(C(=O)C(O)(COC(=O)Cc2ccncc2)c2ccc(SC)cc2)cc1.CSc1ccc(C(=O)C(O)(COC(=O)N2CCCCC2)c2ccc(SC)cc2)cc1.CSc1ccc(C(=O)C(O)(COC(=O)N=C(N(C)C)N(C)C)c2ccc(SC)cc2)cc1. The molecule has 4 unspecified atom stereocenters. The topological polar surface area (TPSA) is 307 Å². The maximum atomic E-state index is 13.4. The Bertz CT molecular complexity index is 5240. The van der Waals surface area contributed by atoms with Crippen molar-refractivity contribution in [1.82, 2.24) is 29.2 Å². The van der Waals surface area contributed by atoms with Crippen LogP contribution >= 0.6 is 94.1 Å². The zero-order valence-electron chi connectivity index (χ0n) is 72.2. The number of rotatable bonds is 31. The number of nitrogens with zero attached hydrogens (tertiary/aromatic N) is 7. The van der Waals surface area contributed by atoms with E-state index in [1.165, 1.54) is 4.57 Å². The van der Waals surface area contributed by atoms with Crippen LogP contribution < -0.4 is 0 Å². The highest BCUT2D eigenvalue weighted by molar-refractivity contribution is 8.00. The summed E-state index contributed by atoms with van der Waals surface area (Å²) in [5, 5.41) is 46.0. The van der Waals surface area contributed by atoms with Crippen LogP contribution in [0.15, 0.2) is 269 Å². The molecule has 0 radical (unpaired) electrons. The molecule has 0 spiro atoms. The fourth-order valence-electron chi connectivity index (χ4n) is 12.8. The molecule has 0 aliphatic carbocycles. The molecule has 4 N–H and O–H groups in total. The highest BCUT2D eigenvalue weighted by Gasteiger charge is 2.45. The Labute approximate surface area is 765 Å². The van der Waals surface area contributed by atoms with E-state index in [2.05, 4.69) is 15.0 Å². The van der Waals surface area contributed by atoms with Crippen LogP contribution in [0.3, 0.4) is 0 Å². The number of benzene rings is 8. The zero-order chi connectivity index (χ0) is 91.0. The number of ketones is 4. The lowest BCUT2D eigenvalue weighted by atomic mass is 9.86. The van der Waals surface area contributed by atoms with Crippen LogP contribution in [0.5, 0.6) is 0 Å². The Morgan fingerprint density at radius 1 is 0.392 bits per heavy atom. The summed E-state index contributed by atoms with van der Waals surface area (Å²) in [4.78, 5) is 129. The lowest BCUT2D eigenvalue weighted by Crippen LogP contribution is -2.44. The number of aryl methyl sites for hydroxylation is 2. The summed E-state index contributed by atoms with van der Waals surface area (Å²) in [7, 11) is 6.99. The second-order valence-corrected chi connectivity index (χ2v) is 35.7. The number of guanidine groups is 1. The highest BCUT2D eigenvalue weighted by Crippen LogP contribution is 2.36. The molecular weight excluding hydrogens is 1740 g/mol. The monoisotopic (exact) mass is 1840 g/mol. The van der Waals surface area contributed by atoms with Crippen LogP contribution in [0.2, 0.25) is 0 Å². The van der Waals surface area contributed by atoms with Crippen molar-refractivity contribution in [2.75, 3.05) is 118 Å². The quantitative estimate of drug-likeness (QED) is 0.00783. The summed E-state index contributed by atoms with van der Waals surface area (Å²) in [5.74, 6) is -1.70. The van der Waals surface area contributed by atoms with Gasteiger partial charge in [-0.15, -0.1) is 99.1 Å². The van der Waals surface area contributed by atoms with Gasteiger partial charge in [0.15, 0.2) is 22.4 Å². The molecule has 2 amide bonds. The molecule has 1 aliphatic heterocycles. The lowest BCUT2D eigenvalue weighted by molar-refractivity contribution is -0.148. The number of hydrogen-bond donors (Lipinski definition) is 4. The van der Waals surface area contributed by atoms with Crippen molar-refractivity contribution in [1.29, 1.82) is 0 Å². The minimum Gasteiger partial charge on any atom is -0.461 e. The summed E-state index contributed by atoms with van der Waals surface area (Å²) in [6, 6.07) is 59.6. The number of esters is 1. The number of piperidine rings is 1. The smallest absolute Gasteiger partial charge is 0.436 e. The maximum Gasteiger partial charge on any atom is 0.436 e. The average molecular weight is 1850 g/mol. The van der Waals surface area contributed by atoms with E-state index in [9.17, 15) is 58.8 Å². The molecule has 31 heteroatoms. The summed E-state index contributed by atoms with van der Waals surface area (Å²) in [5.41, 5.74) is -3.75. The minimum atomic E-state index is -2.06. The van der Waals surface area contributed by atoms with Crippen LogP contribution in [0, 0.1) is 6.92 Å². The van der Waals surface area contributed by atoms with Crippen molar-refractivity contribution in [3.8, 4) is 0 Å². The van der Waals surface area contributed by atoms with Crippen molar-refractivity contribution in [2.24, 2.45) is 4.99 Å². The number of likely N-dealkylation sites (tertiary alicyclic amines) is 1. The molecule has 11 rings (SSSR count). The molecule has 2 aromatic heterocycles. The third-order valence-corrected chi connectivity index (χ3v) is 25.9. The molecule has 1 fully saturated rings. The molecule has 1 saturated heterocycles. The van der Waals surface area contributed by atoms with Crippen molar-refractivity contribution in [3.05, 3.63) is 286 Å². The Kier molecular flexibility index (Phi) is 39.4. The van der Waals surface area contributed by atoms with Gasteiger partial charge in [-0.2, -0.15) is 0 Å². The van der Waals surface area contributed by atoms with E-state index in [-0.39, 0.29) is 6.42 Å². The first-order chi connectivity index (χ1) is 59.9. The predicted molar refractivity (Wildman–Crippen MR) is 504 cm³/mol. The third kappa shape index (κ3) is 27.7. The fourth-order valence-corrected chi connectivity index (χ4v) is 16.1. The van der Waals surface area contributed by atoms with Gasteiger partial charge >= 0.3 is 24.2 Å². The van der Waals surface area contributed by atoms with Crippen LogP contribution in [-0.4, -0.2) is 221 Å². The second-order valence-electron chi connectivity index (χ2n) is 28.7. The van der Waals surface area contributed by atoms with Gasteiger partial charge in [0.05, 0.1) is 12.1 Å². The molecule has 0 bridgehead atoms. The molecule has 0 saturated carbocycles. The number of amides is 2. The maximum absolute atomic E-state index is 13.4. The van der Waals surface area contributed by atoms with Gasteiger partial charge in [0.2, 0.25) is 29.1 Å². The summed E-state index contributed by atoms with van der Waals surface area (Å²) >= 11 is 12.5. The molecule has 10 aromatic rings. The zero-order valence-corrected chi connectivity index (χ0v) is 78.8. The van der Waals surface area contributed by atoms with E-state index in [1.807, 2.05) is 154 Å². The molecular formula is C94H105N7O16S8. The minimum absolute atomic E-state index is 0.0284. The molecule has 23 nitrogen and oxygen atoms in total. The average Bonchev–Trinajstić information content (AvgIpc) is 1.52. The van der Waals surface area contributed by atoms with Gasteiger partial charge in [0.25, 0.3) is 0 Å². The Hall–Kier alpha value is -9.61. The number of aromatic nitrogens is 3. The first-order valence-corrected chi connectivity index (χ1v) is 49.2. The number of ether oxygens (including phenoxy) is 4. The Balaban J connectivity index is 0.000000207. The summed E-state index contributed by atoms with van der Waals surface area (Å²) < 4.78 is 22.9. The third-order valence-electron chi connectivity index (χ3n) is 20.0. The number of aliphatic imine (C=N–C) groups is 1. The van der Waals surface area contributed by atoms with E-state index in [1.54, 1.807) is 272 Å². The standard InChI is InChI=1S/C24H26N2O4S2.C24H23NO4S2.C23H29N3O4S2.C23H27NO4S2/c1-5-21-25-16(2)14-26(21)23(28)30-15-24(29,18-8-12-20(32-4)13-9-18)22(27)17-6-10-19(31-3)11-7-17;1-30-20-7-3-18(4-8-20)23(27)24(28,19-5-9-21(31-2)10-6-19)16-29-22(26)15-17-11-13-25-14-12-17;1-25(2)21(26(3)4)24-22(28)30-15-23(29,17-9-13-19(32-6)14-10-17)20(27)16-7-11-18(31-5)12-8-16;1-29-19-10-6-17(7-11-19)21(25)23(27,18-8-12-20(30-2)13-9-18)16-28-22(26)24-14-4-3-5-15-24/h6-14,29H,5,15H2,1-4H3;3-14,28H,15-16H2,1-2H3;7-14,29H,15H2,1-6H3;6-13,27H,3-5,14-16H2,1-2H3. The van der Waals surface area contributed by atoms with Crippen LogP contribution in [-0.2, 0) is 59.0 Å². The van der Waals surface area contributed by atoms with E-state index >= 15 is 0 Å². The number of imidazole rings is 1. The largest absolute Gasteiger partial charge is 0.461 e. The molecule has 1 aliphatic rings. The highest BCUT2D eigenvalue weighted by atomic mass is 32.2. The van der Waals surface area contributed by atoms with E-state index in [0.717, 1.165) is 64.0 Å². The predicted octanol–water partition coefficient (Wildman–Crippen LogP) is 18.0. The van der Waals surface area contributed by atoms with Crippen LogP contribution in [0.25, 0.3) is 0 Å². The molecule has 8 aromatic carbocycles. The fraction of sp³-hybridized carbons (Fsp3) is 0.309. The van der Waals surface area contributed by atoms with Crippen molar-refractivity contribution in [3.63, 3.8) is 0 Å². The Morgan fingerprint density at radius 2 is 0.672 bits per heavy atom. The number of aliphatic hydroxyl groups is 4. The van der Waals surface area contributed by atoms with Crippen LogP contribution in [0.1, 0.15) is 107 Å². The molecule has 125 heavy (non-hydrogen) atoms. The Morgan fingerprint density at radius 3 is 0.960 bits per heavy atom. The lowest BCUT2D eigenvalue weighted by Gasteiger charge is -2.30. The number of thioether (sulfide) groups is 8. The first-order valence-electron chi connectivity index (χ1n) is 39.4. The first kappa shape index (κ1) is 101. The van der Waals surface area contributed by atoms with Gasteiger partial charge in [-0.25, -0.2) is 23.9 Å². The van der Waals surface area contributed by atoms with Crippen molar-refractivity contribution < 1.29 is 77.7 Å². The number of carbonyl (C=O) groups excluding carboxylic acids is 8. The van der Waals surface area contributed by atoms with Gasteiger partial charge in [0, 0.05) is 128 Å². The van der Waals surface area contributed by atoms with Gasteiger partial charge < -0.3 is 54.1 Å². The molecule has 660 valence electrons. The number of carbonyl (C=O) groups is 8. The number of Topliss-reactive ketones (excluding diaryl/α,β-unsaturated/α-hetero) is 4. The number of hydrogen-bond acceptors (Lipinski definition) is 26. The summed E-state index contributed by atoms with van der Waals surface area (Å²) in [6.07, 6.45) is 21.8. The van der Waals surface area contributed by atoms with Gasteiger partial charge in [-0.05, 0) is 213 Å². The molecule has 4 atom stereocenters. The van der Waals surface area contributed by atoms with Crippen molar-refractivity contribution >= 4 is 147 Å². The van der Waals surface area contributed by atoms with Gasteiger partial charge in [-0.1, -0.05) is 104 Å². The molecule has 3 heterocycles. The second kappa shape index (κ2) is 48.9. The van der Waals surface area contributed by atoms with E-state index in [4.69, 9.17) is 18.9 Å². The normalized spacial score (nSPS) is 13.5. The van der Waals surface area contributed by atoms with E-state index < -0.39 is 96.2 Å². The summed E-state index contributed by atoms with van der Waals surface area (Å²) in [6.45, 7) is 2.97.